The number of methoxy groups -OCH3 is 1. The summed E-state index contributed by atoms with van der Waals surface area (Å²) in [6.45, 7) is 3.50. The third-order valence-electron chi connectivity index (χ3n) is 3.67. The van der Waals surface area contributed by atoms with Crippen LogP contribution in [-0.2, 0) is 17.8 Å². The molecule has 0 bridgehead atoms. The molecule has 1 aliphatic rings. The van der Waals surface area contributed by atoms with E-state index in [1.165, 1.54) is 11.1 Å². The maximum absolute atomic E-state index is 5.46. The Morgan fingerprint density at radius 2 is 2.32 bits per heavy atom. The number of ether oxygens (including phenoxy) is 2. The van der Waals surface area contributed by atoms with Crippen LogP contribution in [0.25, 0.3) is 0 Å². The lowest BCUT2D eigenvalue weighted by molar-refractivity contribution is 0.156. The second-order valence-electron chi connectivity index (χ2n) is 5.11. The van der Waals surface area contributed by atoms with Gasteiger partial charge >= 0.3 is 0 Å². The minimum absolute atomic E-state index is 0.526. The van der Waals surface area contributed by atoms with Gasteiger partial charge in [0.05, 0.1) is 13.7 Å². The van der Waals surface area contributed by atoms with E-state index in [9.17, 15) is 0 Å². The summed E-state index contributed by atoms with van der Waals surface area (Å²) in [5.41, 5.74) is 2.53. The van der Waals surface area contributed by atoms with Crippen molar-refractivity contribution in [2.75, 3.05) is 34.4 Å². The second-order valence-corrected chi connectivity index (χ2v) is 5.11. The van der Waals surface area contributed by atoms with Gasteiger partial charge in [0.1, 0.15) is 5.75 Å². The molecule has 1 aliphatic heterocycles. The zero-order valence-corrected chi connectivity index (χ0v) is 12.1. The zero-order chi connectivity index (χ0) is 13.7. The molecule has 1 fully saturated rings. The van der Waals surface area contributed by atoms with Crippen LogP contribution >= 0.6 is 0 Å². The van der Waals surface area contributed by atoms with Gasteiger partial charge in [-0.3, -0.25) is 4.90 Å². The molecule has 1 atom stereocenters. The van der Waals surface area contributed by atoms with Gasteiger partial charge in [-0.05, 0) is 38.2 Å². The molecule has 0 saturated carbocycles. The highest BCUT2D eigenvalue weighted by molar-refractivity contribution is 5.37. The smallest absolute Gasteiger partial charge is 0.123 e. The van der Waals surface area contributed by atoms with Crippen LogP contribution in [0.5, 0.6) is 5.75 Å². The minimum atomic E-state index is 0.526. The van der Waals surface area contributed by atoms with E-state index in [4.69, 9.17) is 9.47 Å². The van der Waals surface area contributed by atoms with Crippen molar-refractivity contribution in [1.82, 2.24) is 10.2 Å². The molecule has 2 rings (SSSR count). The highest BCUT2D eigenvalue weighted by atomic mass is 16.5. The summed E-state index contributed by atoms with van der Waals surface area (Å²) in [4.78, 5) is 2.36. The first-order chi connectivity index (χ1) is 9.24. The monoisotopic (exact) mass is 264 g/mol. The van der Waals surface area contributed by atoms with Gasteiger partial charge in [0.15, 0.2) is 0 Å². The first-order valence-electron chi connectivity index (χ1n) is 6.83. The van der Waals surface area contributed by atoms with Gasteiger partial charge < -0.3 is 14.8 Å². The fourth-order valence-electron chi connectivity index (χ4n) is 2.54. The molecule has 19 heavy (non-hydrogen) atoms. The first-order valence-corrected chi connectivity index (χ1v) is 6.83. The van der Waals surface area contributed by atoms with Gasteiger partial charge in [0, 0.05) is 31.3 Å². The van der Waals surface area contributed by atoms with Crippen LogP contribution in [0.4, 0.5) is 0 Å². The number of nitrogens with one attached hydrogen (secondary N) is 1. The molecule has 1 aromatic rings. The maximum atomic E-state index is 5.46. The summed E-state index contributed by atoms with van der Waals surface area (Å²) in [6.07, 6.45) is 1.12. The summed E-state index contributed by atoms with van der Waals surface area (Å²) in [6, 6.07) is 6.91. The molecule has 1 aromatic carbocycles. The van der Waals surface area contributed by atoms with Gasteiger partial charge in [0.25, 0.3) is 0 Å². The summed E-state index contributed by atoms with van der Waals surface area (Å²) >= 11 is 0. The number of likely N-dealkylation sites (N-methyl/N-ethyl adjacent to an activating group) is 1. The Hall–Kier alpha value is -1.10. The normalized spacial score (nSPS) is 19.1. The third-order valence-corrected chi connectivity index (χ3v) is 3.67. The lowest BCUT2D eigenvalue weighted by atomic mass is 10.1. The van der Waals surface area contributed by atoms with Gasteiger partial charge in [0.2, 0.25) is 0 Å². The predicted octanol–water partition coefficient (Wildman–Crippen LogP) is 1.64. The van der Waals surface area contributed by atoms with E-state index in [2.05, 4.69) is 35.5 Å². The third kappa shape index (κ3) is 3.69. The average molecular weight is 264 g/mol. The summed E-state index contributed by atoms with van der Waals surface area (Å²) in [5.74, 6) is 0.964. The highest BCUT2D eigenvalue weighted by Gasteiger charge is 2.21. The first kappa shape index (κ1) is 14.3. The molecule has 0 spiro atoms. The number of hydrogen-bond donors (Lipinski definition) is 1. The molecule has 1 heterocycles. The van der Waals surface area contributed by atoms with E-state index < -0.39 is 0 Å². The largest absolute Gasteiger partial charge is 0.496 e. The van der Waals surface area contributed by atoms with E-state index in [1.807, 2.05) is 7.05 Å². The van der Waals surface area contributed by atoms with Crippen LogP contribution in [0.2, 0.25) is 0 Å². The van der Waals surface area contributed by atoms with Crippen LogP contribution in [0, 0.1) is 0 Å². The van der Waals surface area contributed by atoms with Gasteiger partial charge in [-0.1, -0.05) is 6.07 Å². The average Bonchev–Trinajstić information content (AvgIpc) is 2.93. The van der Waals surface area contributed by atoms with Crippen molar-refractivity contribution >= 4 is 0 Å². The van der Waals surface area contributed by atoms with Gasteiger partial charge in [-0.2, -0.15) is 0 Å². The summed E-state index contributed by atoms with van der Waals surface area (Å²) in [5, 5.41) is 3.18. The van der Waals surface area contributed by atoms with Crippen LogP contribution in [-0.4, -0.2) is 45.4 Å². The Labute approximate surface area is 115 Å². The van der Waals surface area contributed by atoms with Crippen molar-refractivity contribution < 1.29 is 9.47 Å². The topological polar surface area (TPSA) is 33.7 Å². The fourth-order valence-corrected chi connectivity index (χ4v) is 2.54. The van der Waals surface area contributed by atoms with Crippen LogP contribution in [0.15, 0.2) is 18.2 Å². The summed E-state index contributed by atoms with van der Waals surface area (Å²) in [7, 11) is 5.85. The Kier molecular flexibility index (Phi) is 5.19. The molecule has 0 aromatic heterocycles. The van der Waals surface area contributed by atoms with Gasteiger partial charge in [-0.15, -0.1) is 0 Å². The standard InChI is InChI=1S/C15H24N2O2/c1-16-9-12-4-5-15(18-3)13(8-12)10-17(2)14-6-7-19-11-14/h4-5,8,14,16H,6-7,9-11H2,1-3H3. The lowest BCUT2D eigenvalue weighted by Crippen LogP contribution is -2.31. The number of benzene rings is 1. The maximum Gasteiger partial charge on any atom is 0.123 e. The molecule has 1 saturated heterocycles. The van der Waals surface area contributed by atoms with Crippen molar-refractivity contribution in [3.63, 3.8) is 0 Å². The Morgan fingerprint density at radius 1 is 1.47 bits per heavy atom. The van der Waals surface area contributed by atoms with Crippen molar-refractivity contribution in [1.29, 1.82) is 0 Å². The quantitative estimate of drug-likeness (QED) is 0.847. The second kappa shape index (κ2) is 6.89. The molecule has 0 radical (unpaired) electrons. The Balaban J connectivity index is 2.09. The molecular formula is C15H24N2O2. The van der Waals surface area contributed by atoms with E-state index in [-0.39, 0.29) is 0 Å². The predicted molar refractivity (Wildman–Crippen MR) is 76.4 cm³/mol. The van der Waals surface area contributed by atoms with E-state index >= 15 is 0 Å². The molecular weight excluding hydrogens is 240 g/mol. The molecule has 1 N–H and O–H groups in total. The van der Waals surface area contributed by atoms with E-state index in [0.29, 0.717) is 6.04 Å². The van der Waals surface area contributed by atoms with E-state index in [1.54, 1.807) is 7.11 Å². The summed E-state index contributed by atoms with van der Waals surface area (Å²) < 4.78 is 10.9. The molecule has 4 heteroatoms. The van der Waals surface area contributed by atoms with Crippen molar-refractivity contribution in [2.45, 2.75) is 25.6 Å². The van der Waals surface area contributed by atoms with Crippen LogP contribution in [0.1, 0.15) is 17.5 Å². The highest BCUT2D eigenvalue weighted by Crippen LogP contribution is 2.23. The fraction of sp³-hybridized carbons (Fsp3) is 0.600. The van der Waals surface area contributed by atoms with Crippen LogP contribution in [0.3, 0.4) is 0 Å². The number of rotatable bonds is 6. The SMILES string of the molecule is CNCc1ccc(OC)c(CN(C)C2CCOC2)c1. The van der Waals surface area contributed by atoms with Crippen LogP contribution < -0.4 is 10.1 Å². The van der Waals surface area contributed by atoms with Crippen molar-refractivity contribution in [2.24, 2.45) is 0 Å². The zero-order valence-electron chi connectivity index (χ0n) is 12.1. The van der Waals surface area contributed by atoms with E-state index in [0.717, 1.165) is 38.5 Å². The molecule has 0 amide bonds. The Bertz CT molecular complexity index is 403. The lowest BCUT2D eigenvalue weighted by Gasteiger charge is -2.24. The molecule has 0 aliphatic carbocycles. The molecule has 1 unspecified atom stereocenters. The number of hydrogen-bond acceptors (Lipinski definition) is 4. The molecule has 106 valence electrons. The van der Waals surface area contributed by atoms with Crippen molar-refractivity contribution in [3.05, 3.63) is 29.3 Å². The number of nitrogens with zero attached hydrogens (tertiary/aromatic N) is 1. The Morgan fingerprint density at radius 3 is 2.95 bits per heavy atom. The minimum Gasteiger partial charge on any atom is -0.496 e. The van der Waals surface area contributed by atoms with Crippen molar-refractivity contribution in [3.8, 4) is 5.75 Å². The molecule has 4 nitrogen and oxygen atoms in total. The van der Waals surface area contributed by atoms with Gasteiger partial charge in [-0.25, -0.2) is 0 Å².